The van der Waals surface area contributed by atoms with Crippen molar-refractivity contribution in [1.29, 1.82) is 0 Å². The van der Waals surface area contributed by atoms with Crippen LogP contribution in [0.4, 0.5) is 8.78 Å². The number of aromatic amines is 2. The average molecular weight is 707 g/mol. The van der Waals surface area contributed by atoms with E-state index in [9.17, 15) is 18.4 Å². The third-order valence-corrected chi connectivity index (χ3v) is 10.1. The highest BCUT2D eigenvalue weighted by molar-refractivity contribution is 6.12. The highest BCUT2D eigenvalue weighted by Crippen LogP contribution is 2.38. The molecule has 2 fully saturated rings. The van der Waals surface area contributed by atoms with E-state index in [1.54, 1.807) is 60.7 Å². The predicted octanol–water partition coefficient (Wildman–Crippen LogP) is 8.22. The fraction of sp³-hybridized carbons (Fsp3) is 0.286. The summed E-state index contributed by atoms with van der Waals surface area (Å²) in [5.41, 5.74) is 4.51. The number of carbonyl (C=O) groups is 2. The summed E-state index contributed by atoms with van der Waals surface area (Å²) < 4.78 is 91.0. The fourth-order valence-corrected chi connectivity index (χ4v) is 7.58. The summed E-state index contributed by atoms with van der Waals surface area (Å²) >= 11 is 0. The second kappa shape index (κ2) is 13.5. The topological polar surface area (TPSA) is 108 Å². The van der Waals surface area contributed by atoms with Crippen LogP contribution in [0.5, 0.6) is 0 Å². The number of aromatic nitrogens is 2. The van der Waals surface area contributed by atoms with Crippen LogP contribution in [0.25, 0.3) is 44.3 Å². The van der Waals surface area contributed by atoms with Crippen LogP contribution in [0.1, 0.15) is 88.9 Å². The number of benzene rings is 4. The first-order chi connectivity index (χ1) is 27.6. The maximum atomic E-state index is 15.0. The van der Waals surface area contributed by atoms with Crippen LogP contribution in [0.2, 0.25) is 0 Å². The predicted molar refractivity (Wildman–Crippen MR) is 195 cm³/mol. The molecule has 0 radical (unpaired) electrons. The molecule has 4 aliphatic heterocycles. The van der Waals surface area contributed by atoms with Crippen molar-refractivity contribution < 1.29 is 36.1 Å². The number of carbonyl (C=O) groups excluding carboxylic acids is 2. The Balaban J connectivity index is 0.000000150. The Hall–Kier alpha value is -5.00. The van der Waals surface area contributed by atoms with Crippen molar-refractivity contribution in [2.75, 3.05) is 26.3 Å². The number of hydrogen-bond donors (Lipinski definition) is 4. The quantitative estimate of drug-likeness (QED) is 0.147. The lowest BCUT2D eigenvalue weighted by molar-refractivity contribution is 0.0738. The van der Waals surface area contributed by atoms with Gasteiger partial charge in [0.15, 0.2) is 11.6 Å². The van der Waals surface area contributed by atoms with Gasteiger partial charge in [0.25, 0.3) is 0 Å². The molecule has 4 N–H and O–H groups in total. The lowest BCUT2D eigenvalue weighted by Gasteiger charge is -2.13. The van der Waals surface area contributed by atoms with Gasteiger partial charge in [-0.3, -0.25) is 9.59 Å². The molecule has 264 valence electrons. The highest BCUT2D eigenvalue weighted by atomic mass is 19.1. The molecule has 10 heteroatoms. The van der Waals surface area contributed by atoms with Crippen LogP contribution >= 0.6 is 0 Å². The van der Waals surface area contributed by atoms with Gasteiger partial charge in [-0.1, -0.05) is 48.5 Å². The average Bonchev–Trinajstić information content (AvgIpc) is 3.99. The first-order valence-corrected chi connectivity index (χ1v) is 17.4. The maximum absolute atomic E-state index is 15.0. The number of ether oxygens (including phenoxy) is 2. The van der Waals surface area contributed by atoms with Crippen LogP contribution in [0.15, 0.2) is 72.8 Å². The molecule has 2 atom stereocenters. The summed E-state index contributed by atoms with van der Waals surface area (Å²) in [6, 6.07) is 17.1. The van der Waals surface area contributed by atoms with Crippen molar-refractivity contribution in [2.24, 2.45) is 0 Å². The minimum absolute atomic E-state index is 0.195. The largest absolute Gasteiger partial charge is 0.369 e. The van der Waals surface area contributed by atoms with E-state index in [4.69, 9.17) is 17.7 Å². The van der Waals surface area contributed by atoms with Crippen molar-refractivity contribution in [3.63, 3.8) is 0 Å². The Kier molecular flexibility index (Phi) is 6.95. The van der Waals surface area contributed by atoms with Gasteiger partial charge in [-0.05, 0) is 63.0 Å². The van der Waals surface area contributed by atoms with Crippen molar-refractivity contribution in [3.8, 4) is 22.5 Å². The molecule has 2 saturated heterocycles. The third-order valence-electron chi connectivity index (χ3n) is 10.1. The Labute approximate surface area is 307 Å². The van der Waals surface area contributed by atoms with E-state index < -0.39 is 36.8 Å². The molecule has 8 nitrogen and oxygen atoms in total. The first kappa shape index (κ1) is 26.7. The summed E-state index contributed by atoms with van der Waals surface area (Å²) in [7, 11) is 0. The normalized spacial score (nSPS) is 26.3. The van der Waals surface area contributed by atoms with Gasteiger partial charge in [0.2, 0.25) is 0 Å². The summed E-state index contributed by atoms with van der Waals surface area (Å²) in [6.07, 6.45) is 2.68. The molecule has 0 bridgehead atoms. The highest BCUT2D eigenvalue weighted by Gasteiger charge is 2.26. The molecule has 6 heterocycles. The molecule has 52 heavy (non-hydrogen) atoms. The molecular weight excluding hydrogens is 662 g/mol. The lowest BCUT2D eigenvalue weighted by Crippen LogP contribution is -2.14. The summed E-state index contributed by atoms with van der Waals surface area (Å²) in [4.78, 5) is 31.1. The Bertz CT molecular complexity index is 2490. The molecule has 0 unspecified atom stereocenters. The van der Waals surface area contributed by atoms with Crippen LogP contribution in [-0.2, 0) is 22.6 Å². The molecule has 0 aliphatic carbocycles. The minimum Gasteiger partial charge on any atom is -0.369 e. The maximum Gasteiger partial charge on any atom is 0.189 e. The zero-order valence-corrected chi connectivity index (χ0v) is 28.0. The van der Waals surface area contributed by atoms with Gasteiger partial charge >= 0.3 is 0 Å². The third kappa shape index (κ3) is 5.76. The SMILES string of the molecule is [2H]C1([2H])OCC(=O)c2cccc3[nH]c(-c4ccc([C@@]5([2H])CCCN5)c(F)c4)c1c23.[2H]C1([2H])OCC(=O)c2cccc3[nH]c(-c4ccc([C@]5([2H])CCCN5)c(F)c4)c1c23. The monoisotopic (exact) mass is 706 g/mol. The number of nitrogens with one attached hydrogen (secondary N) is 4. The molecule has 0 amide bonds. The number of ketones is 2. The molecule has 4 aliphatic rings. The van der Waals surface area contributed by atoms with Crippen LogP contribution in [-0.4, -0.2) is 47.8 Å². The molecule has 0 spiro atoms. The van der Waals surface area contributed by atoms with Crippen LogP contribution < -0.4 is 10.6 Å². The van der Waals surface area contributed by atoms with E-state index in [0.29, 0.717) is 81.4 Å². The smallest absolute Gasteiger partial charge is 0.189 e. The molecule has 2 aromatic heterocycles. The molecule has 10 rings (SSSR count). The minimum atomic E-state index is -2.21. The second-order valence-electron chi connectivity index (χ2n) is 13.2. The van der Waals surface area contributed by atoms with Crippen molar-refractivity contribution in [1.82, 2.24) is 20.6 Å². The lowest BCUT2D eigenvalue weighted by atomic mass is 9.98. The molecule has 6 aromatic rings. The van der Waals surface area contributed by atoms with Crippen LogP contribution in [0.3, 0.4) is 0 Å². The van der Waals surface area contributed by atoms with E-state index in [-0.39, 0.29) is 47.0 Å². The van der Waals surface area contributed by atoms with Gasteiger partial charge in [-0.25, -0.2) is 8.78 Å². The van der Waals surface area contributed by atoms with Gasteiger partial charge in [0.05, 0.1) is 32.7 Å². The zero-order valence-electron chi connectivity index (χ0n) is 34.0. The summed E-state index contributed by atoms with van der Waals surface area (Å²) in [6.45, 7) is -3.80. The van der Waals surface area contributed by atoms with Gasteiger partial charge < -0.3 is 30.1 Å². The van der Waals surface area contributed by atoms with Gasteiger partial charge in [0.1, 0.15) is 24.8 Å². The number of halogens is 2. The first-order valence-electron chi connectivity index (χ1n) is 20.4. The van der Waals surface area contributed by atoms with Crippen molar-refractivity contribution in [2.45, 2.75) is 50.8 Å². The standard InChI is InChI=1S/2C21H19FN2O2/c2*22-16-9-12(6-7-13(16)17-5-2-8-23-17)21-15-10-26-11-19(25)14-3-1-4-18(24-21)20(14)15/h2*1,3-4,6-7,9,17,23-24H,2,5,8,10-11H2/t2*17-/m10/s1/i2*10D2,17D. The number of H-pyrrole nitrogens is 2. The fourth-order valence-electron chi connectivity index (χ4n) is 7.58. The molecule has 0 saturated carbocycles. The van der Waals surface area contributed by atoms with E-state index in [0.717, 1.165) is 12.8 Å². The van der Waals surface area contributed by atoms with Gasteiger partial charge in [0, 0.05) is 78.3 Å². The molecule has 4 aromatic carbocycles. The number of hydrogen-bond acceptors (Lipinski definition) is 6. The molecular formula is C42H38F2N4O4. The summed E-state index contributed by atoms with van der Waals surface area (Å²) in [5, 5.41) is 7.01. The Morgan fingerprint density at radius 3 is 1.52 bits per heavy atom. The summed E-state index contributed by atoms with van der Waals surface area (Å²) in [5.74, 6) is -1.64. The number of Topliss-reactive ketones (excluding diaryl/α,β-unsaturated/α-hetero) is 2. The van der Waals surface area contributed by atoms with E-state index in [1.807, 2.05) is 0 Å². The van der Waals surface area contributed by atoms with Crippen molar-refractivity contribution in [3.05, 3.63) is 118 Å². The van der Waals surface area contributed by atoms with E-state index >= 15 is 0 Å². The van der Waals surface area contributed by atoms with Crippen molar-refractivity contribution >= 4 is 33.4 Å². The van der Waals surface area contributed by atoms with Gasteiger partial charge in [-0.2, -0.15) is 0 Å². The van der Waals surface area contributed by atoms with Gasteiger partial charge in [-0.15, -0.1) is 0 Å². The van der Waals surface area contributed by atoms with E-state index in [2.05, 4.69) is 20.6 Å². The van der Waals surface area contributed by atoms with Crippen LogP contribution in [0, 0.1) is 11.6 Å². The zero-order chi connectivity index (χ0) is 40.8. The Morgan fingerprint density at radius 2 is 1.12 bits per heavy atom. The Morgan fingerprint density at radius 1 is 0.654 bits per heavy atom. The van der Waals surface area contributed by atoms with E-state index in [1.165, 1.54) is 12.1 Å². The second-order valence-corrected chi connectivity index (χ2v) is 13.2. The number of rotatable bonds is 4.